The van der Waals surface area contributed by atoms with E-state index in [2.05, 4.69) is 11.9 Å². The van der Waals surface area contributed by atoms with Crippen molar-refractivity contribution in [3.05, 3.63) is 66.2 Å². The smallest absolute Gasteiger partial charge is 0.119 e. The number of benzene rings is 1. The summed E-state index contributed by atoms with van der Waals surface area (Å²) >= 11 is 0. The lowest BCUT2D eigenvalue weighted by molar-refractivity contribution is 0.213. The molecule has 0 saturated heterocycles. The highest BCUT2D eigenvalue weighted by atomic mass is 16.5. The van der Waals surface area contributed by atoms with Crippen LogP contribution < -0.4 is 4.74 Å². The van der Waals surface area contributed by atoms with Crippen molar-refractivity contribution >= 4 is 5.52 Å². The standard InChI is InChI=1S/C17H18N2O2/c1-2-10-21-15-8-6-13(7-9-15)17(20)16-5-3-4-14-11-18-12-19(14)16/h3-9,11-12,17,20H,2,10H2,1H3. The second kappa shape index (κ2) is 5.97. The third-order valence-corrected chi connectivity index (χ3v) is 3.43. The number of rotatable bonds is 5. The van der Waals surface area contributed by atoms with E-state index >= 15 is 0 Å². The number of ether oxygens (including phenoxy) is 1. The van der Waals surface area contributed by atoms with Gasteiger partial charge in [-0.05, 0) is 36.2 Å². The van der Waals surface area contributed by atoms with Gasteiger partial charge < -0.3 is 14.2 Å². The summed E-state index contributed by atoms with van der Waals surface area (Å²) in [5.74, 6) is 0.827. The van der Waals surface area contributed by atoms with Gasteiger partial charge in [-0.15, -0.1) is 0 Å². The fraction of sp³-hybridized carbons (Fsp3) is 0.235. The Labute approximate surface area is 123 Å². The van der Waals surface area contributed by atoms with Gasteiger partial charge in [0.05, 0.1) is 30.3 Å². The van der Waals surface area contributed by atoms with Gasteiger partial charge in [0, 0.05) is 0 Å². The van der Waals surface area contributed by atoms with E-state index in [0.717, 1.165) is 28.9 Å². The molecule has 3 rings (SSSR count). The van der Waals surface area contributed by atoms with Crippen molar-refractivity contribution in [1.82, 2.24) is 9.38 Å². The summed E-state index contributed by atoms with van der Waals surface area (Å²) in [6.07, 6.45) is 3.78. The largest absolute Gasteiger partial charge is 0.494 e. The summed E-state index contributed by atoms with van der Waals surface area (Å²) in [6, 6.07) is 13.4. The van der Waals surface area contributed by atoms with Crippen molar-refractivity contribution in [2.45, 2.75) is 19.4 Å². The molecule has 0 aliphatic carbocycles. The molecule has 21 heavy (non-hydrogen) atoms. The van der Waals surface area contributed by atoms with Gasteiger partial charge >= 0.3 is 0 Å². The van der Waals surface area contributed by atoms with Gasteiger partial charge in [0.25, 0.3) is 0 Å². The van der Waals surface area contributed by atoms with Crippen molar-refractivity contribution in [3.63, 3.8) is 0 Å². The van der Waals surface area contributed by atoms with Crippen LogP contribution in [0, 0.1) is 0 Å². The summed E-state index contributed by atoms with van der Waals surface area (Å²) in [4.78, 5) is 4.12. The monoisotopic (exact) mass is 282 g/mol. The second-order valence-electron chi connectivity index (χ2n) is 4.96. The lowest BCUT2D eigenvalue weighted by Gasteiger charge is -2.14. The summed E-state index contributed by atoms with van der Waals surface area (Å²) in [7, 11) is 0. The molecule has 2 heterocycles. The third-order valence-electron chi connectivity index (χ3n) is 3.43. The maximum absolute atomic E-state index is 10.6. The summed E-state index contributed by atoms with van der Waals surface area (Å²) in [5.41, 5.74) is 2.60. The van der Waals surface area contributed by atoms with Gasteiger partial charge in [-0.25, -0.2) is 4.98 Å². The summed E-state index contributed by atoms with van der Waals surface area (Å²) < 4.78 is 7.45. The van der Waals surface area contributed by atoms with Crippen LogP contribution in [0.2, 0.25) is 0 Å². The Morgan fingerprint density at radius 2 is 2.00 bits per heavy atom. The Kier molecular flexibility index (Phi) is 3.88. The van der Waals surface area contributed by atoms with Gasteiger partial charge in [-0.1, -0.05) is 25.1 Å². The van der Waals surface area contributed by atoms with Crippen LogP contribution in [0.1, 0.15) is 30.7 Å². The van der Waals surface area contributed by atoms with Crippen LogP contribution in [0.4, 0.5) is 0 Å². The third kappa shape index (κ3) is 2.76. The molecule has 1 atom stereocenters. The topological polar surface area (TPSA) is 46.8 Å². The number of hydrogen-bond donors (Lipinski definition) is 1. The molecule has 4 nitrogen and oxygen atoms in total. The summed E-state index contributed by atoms with van der Waals surface area (Å²) in [6.45, 7) is 2.78. The Bertz CT molecular complexity index is 719. The first-order valence-electron chi connectivity index (χ1n) is 7.11. The Morgan fingerprint density at radius 3 is 2.76 bits per heavy atom. The minimum absolute atomic E-state index is 0.692. The molecule has 0 spiro atoms. The Balaban J connectivity index is 1.87. The lowest BCUT2D eigenvalue weighted by Crippen LogP contribution is -2.05. The maximum Gasteiger partial charge on any atom is 0.119 e. The molecule has 0 radical (unpaired) electrons. The van der Waals surface area contributed by atoms with E-state index in [1.807, 2.05) is 46.9 Å². The van der Waals surface area contributed by atoms with Gasteiger partial charge in [-0.2, -0.15) is 0 Å². The molecule has 0 bridgehead atoms. The van der Waals surface area contributed by atoms with Crippen LogP contribution >= 0.6 is 0 Å². The zero-order valence-electron chi connectivity index (χ0n) is 11.9. The van der Waals surface area contributed by atoms with Gasteiger partial charge in [0.15, 0.2) is 0 Å². The van der Waals surface area contributed by atoms with E-state index in [1.165, 1.54) is 0 Å². The molecule has 0 aliphatic rings. The molecule has 0 saturated carbocycles. The second-order valence-corrected chi connectivity index (χ2v) is 4.96. The summed E-state index contributed by atoms with van der Waals surface area (Å²) in [5, 5.41) is 10.6. The Morgan fingerprint density at radius 1 is 1.19 bits per heavy atom. The van der Waals surface area contributed by atoms with Gasteiger partial charge in [0.1, 0.15) is 11.9 Å². The lowest BCUT2D eigenvalue weighted by atomic mass is 10.1. The highest BCUT2D eigenvalue weighted by molar-refractivity contribution is 5.47. The van der Waals surface area contributed by atoms with E-state index < -0.39 is 6.10 Å². The molecule has 1 aromatic carbocycles. The number of nitrogens with zero attached hydrogens (tertiary/aromatic N) is 2. The van der Waals surface area contributed by atoms with Gasteiger partial charge in [-0.3, -0.25) is 0 Å². The number of aliphatic hydroxyl groups excluding tert-OH is 1. The minimum atomic E-state index is -0.692. The fourth-order valence-electron chi connectivity index (χ4n) is 2.33. The molecule has 108 valence electrons. The molecular weight excluding hydrogens is 264 g/mol. The van der Waals surface area contributed by atoms with Gasteiger partial charge in [0.2, 0.25) is 0 Å². The van der Waals surface area contributed by atoms with E-state index in [9.17, 15) is 5.11 Å². The number of aliphatic hydroxyl groups is 1. The van der Waals surface area contributed by atoms with Crippen molar-refractivity contribution < 1.29 is 9.84 Å². The molecule has 2 aromatic heterocycles. The van der Waals surface area contributed by atoms with E-state index in [4.69, 9.17) is 4.74 Å². The molecule has 3 aromatic rings. The van der Waals surface area contributed by atoms with Crippen molar-refractivity contribution in [2.75, 3.05) is 6.61 Å². The minimum Gasteiger partial charge on any atom is -0.494 e. The number of pyridine rings is 1. The molecule has 1 N–H and O–H groups in total. The highest BCUT2D eigenvalue weighted by Gasteiger charge is 2.13. The quantitative estimate of drug-likeness (QED) is 0.781. The van der Waals surface area contributed by atoms with Crippen molar-refractivity contribution in [1.29, 1.82) is 0 Å². The fourth-order valence-corrected chi connectivity index (χ4v) is 2.33. The zero-order chi connectivity index (χ0) is 14.7. The molecule has 0 aliphatic heterocycles. The van der Waals surface area contributed by atoms with Crippen LogP contribution in [0.5, 0.6) is 5.75 Å². The maximum atomic E-state index is 10.6. The van der Waals surface area contributed by atoms with Crippen molar-refractivity contribution in [2.24, 2.45) is 0 Å². The zero-order valence-corrected chi connectivity index (χ0v) is 11.9. The molecule has 0 fully saturated rings. The SMILES string of the molecule is CCCOc1ccc(C(O)c2cccc3cncn23)cc1. The number of hydrogen-bond acceptors (Lipinski definition) is 3. The number of imidazole rings is 1. The first-order valence-corrected chi connectivity index (χ1v) is 7.11. The molecule has 0 amide bonds. The Hall–Kier alpha value is -2.33. The van der Waals surface area contributed by atoms with Crippen LogP contribution in [0.15, 0.2) is 55.0 Å². The predicted molar refractivity (Wildman–Crippen MR) is 81.5 cm³/mol. The van der Waals surface area contributed by atoms with Crippen LogP contribution in [0.25, 0.3) is 5.52 Å². The average Bonchev–Trinajstić information content (AvgIpc) is 3.01. The normalized spacial score (nSPS) is 12.5. The van der Waals surface area contributed by atoms with E-state index in [0.29, 0.717) is 6.61 Å². The van der Waals surface area contributed by atoms with E-state index in [-0.39, 0.29) is 0 Å². The van der Waals surface area contributed by atoms with Crippen molar-refractivity contribution in [3.8, 4) is 5.75 Å². The first-order chi connectivity index (χ1) is 10.3. The number of aromatic nitrogens is 2. The average molecular weight is 282 g/mol. The van der Waals surface area contributed by atoms with Crippen LogP contribution in [0.3, 0.4) is 0 Å². The number of fused-ring (bicyclic) bond motifs is 1. The molecule has 4 heteroatoms. The van der Waals surface area contributed by atoms with Crippen LogP contribution in [-0.2, 0) is 0 Å². The first kappa shape index (κ1) is 13.6. The predicted octanol–water partition coefficient (Wildman–Crippen LogP) is 3.20. The molecular formula is C17H18N2O2. The highest BCUT2D eigenvalue weighted by Crippen LogP contribution is 2.24. The van der Waals surface area contributed by atoms with E-state index in [1.54, 1.807) is 12.5 Å². The molecule has 1 unspecified atom stereocenters. The van der Waals surface area contributed by atoms with Crippen LogP contribution in [-0.4, -0.2) is 21.1 Å².